The number of nitrogens with zero attached hydrogens (tertiary/aromatic N) is 3. The topological polar surface area (TPSA) is 70.7 Å². The predicted molar refractivity (Wildman–Crippen MR) is 113 cm³/mol. The van der Waals surface area contributed by atoms with Crippen molar-refractivity contribution in [3.63, 3.8) is 0 Å². The molecule has 29 heavy (non-hydrogen) atoms. The number of carbonyl (C=O) groups excluding carboxylic acids is 2. The zero-order valence-electron chi connectivity index (χ0n) is 18.3. The van der Waals surface area contributed by atoms with Gasteiger partial charge in [0.15, 0.2) is 0 Å². The number of aromatic nitrogens is 1. The summed E-state index contributed by atoms with van der Waals surface area (Å²) in [7, 11) is 1.95. The van der Waals surface area contributed by atoms with Crippen LogP contribution in [-0.2, 0) is 24.9 Å². The first-order valence-corrected chi connectivity index (χ1v) is 10.2. The van der Waals surface area contributed by atoms with E-state index in [-0.39, 0.29) is 24.0 Å². The minimum Gasteiger partial charge on any atom is -0.467 e. The largest absolute Gasteiger partial charge is 0.467 e. The van der Waals surface area contributed by atoms with Crippen molar-refractivity contribution in [1.82, 2.24) is 19.7 Å². The standard InChI is InChI=1S/C22H34N4O3/c1-6-7-13-25(21(28)23-22(2,3)4)17-20(27)26(16-19-11-9-14-29-19)15-18-10-8-12-24(18)5/h8-12,14H,6-7,13,15-17H2,1-5H3,(H,23,28). The molecule has 0 aliphatic rings. The molecule has 1 N–H and O–H groups in total. The average Bonchev–Trinajstić information content (AvgIpc) is 3.28. The Morgan fingerprint density at radius 3 is 2.45 bits per heavy atom. The van der Waals surface area contributed by atoms with Crippen LogP contribution in [0.5, 0.6) is 0 Å². The number of unbranched alkanes of at least 4 members (excludes halogenated alkanes) is 1. The zero-order valence-corrected chi connectivity index (χ0v) is 18.3. The first kappa shape index (κ1) is 22.6. The molecule has 0 atom stereocenters. The Morgan fingerprint density at radius 1 is 1.14 bits per heavy atom. The van der Waals surface area contributed by atoms with Gasteiger partial charge in [0.1, 0.15) is 12.3 Å². The third-order valence-electron chi connectivity index (χ3n) is 4.56. The first-order chi connectivity index (χ1) is 13.7. The van der Waals surface area contributed by atoms with Gasteiger partial charge in [-0.15, -0.1) is 0 Å². The number of hydrogen-bond acceptors (Lipinski definition) is 3. The highest BCUT2D eigenvalue weighted by molar-refractivity contribution is 5.84. The molecule has 7 heteroatoms. The molecule has 160 valence electrons. The summed E-state index contributed by atoms with van der Waals surface area (Å²) in [4.78, 5) is 29.3. The Labute approximate surface area is 173 Å². The fourth-order valence-corrected chi connectivity index (χ4v) is 2.94. The van der Waals surface area contributed by atoms with Crippen molar-refractivity contribution in [2.45, 2.75) is 59.2 Å². The van der Waals surface area contributed by atoms with Gasteiger partial charge in [-0.1, -0.05) is 13.3 Å². The smallest absolute Gasteiger partial charge is 0.318 e. The number of amides is 3. The monoisotopic (exact) mass is 402 g/mol. The third-order valence-corrected chi connectivity index (χ3v) is 4.56. The lowest BCUT2D eigenvalue weighted by Gasteiger charge is -2.30. The van der Waals surface area contributed by atoms with Gasteiger partial charge in [-0.3, -0.25) is 4.79 Å². The molecule has 2 aromatic rings. The number of rotatable bonds is 9. The summed E-state index contributed by atoms with van der Waals surface area (Å²) in [5.74, 6) is 0.606. The molecule has 2 rings (SSSR count). The van der Waals surface area contributed by atoms with Crippen LogP contribution in [0.1, 0.15) is 52.0 Å². The highest BCUT2D eigenvalue weighted by atomic mass is 16.3. The number of aryl methyl sites for hydroxylation is 1. The first-order valence-electron chi connectivity index (χ1n) is 10.2. The maximum absolute atomic E-state index is 13.2. The van der Waals surface area contributed by atoms with E-state index >= 15 is 0 Å². The van der Waals surface area contributed by atoms with Crippen LogP contribution in [0.2, 0.25) is 0 Å². The van der Waals surface area contributed by atoms with E-state index in [1.807, 2.05) is 62.8 Å². The second-order valence-corrected chi connectivity index (χ2v) is 8.39. The van der Waals surface area contributed by atoms with E-state index in [0.717, 1.165) is 18.5 Å². The second kappa shape index (κ2) is 10.2. The average molecular weight is 403 g/mol. The molecule has 0 spiro atoms. The molecule has 2 heterocycles. The van der Waals surface area contributed by atoms with Gasteiger partial charge < -0.3 is 24.1 Å². The molecule has 0 fully saturated rings. The van der Waals surface area contributed by atoms with Crippen LogP contribution in [0.25, 0.3) is 0 Å². The van der Waals surface area contributed by atoms with Crippen LogP contribution < -0.4 is 5.32 Å². The summed E-state index contributed by atoms with van der Waals surface area (Å²) in [6.07, 6.45) is 5.35. The minimum atomic E-state index is -0.360. The summed E-state index contributed by atoms with van der Waals surface area (Å²) in [6.45, 7) is 9.26. The normalized spacial score (nSPS) is 11.3. The maximum atomic E-state index is 13.2. The lowest BCUT2D eigenvalue weighted by atomic mass is 10.1. The summed E-state index contributed by atoms with van der Waals surface area (Å²) in [5, 5.41) is 2.97. The van der Waals surface area contributed by atoms with Crippen molar-refractivity contribution >= 4 is 11.9 Å². The molecule has 0 aliphatic carbocycles. The molecular formula is C22H34N4O3. The van der Waals surface area contributed by atoms with Gasteiger partial charge in [0, 0.05) is 31.0 Å². The SMILES string of the molecule is CCCCN(CC(=O)N(Cc1ccco1)Cc1cccn1C)C(=O)NC(C)(C)C. The molecule has 0 aliphatic heterocycles. The van der Waals surface area contributed by atoms with E-state index in [1.165, 1.54) is 0 Å². The third kappa shape index (κ3) is 7.33. The molecule has 0 bridgehead atoms. The van der Waals surface area contributed by atoms with Crippen molar-refractivity contribution in [3.8, 4) is 0 Å². The van der Waals surface area contributed by atoms with Crippen molar-refractivity contribution in [1.29, 1.82) is 0 Å². The van der Waals surface area contributed by atoms with Gasteiger partial charge >= 0.3 is 6.03 Å². The summed E-state index contributed by atoms with van der Waals surface area (Å²) in [6, 6.07) is 7.40. The van der Waals surface area contributed by atoms with Gasteiger partial charge in [-0.05, 0) is 51.5 Å². The Morgan fingerprint density at radius 2 is 1.90 bits per heavy atom. The van der Waals surface area contributed by atoms with Crippen LogP contribution in [0.3, 0.4) is 0 Å². The summed E-state index contributed by atoms with van der Waals surface area (Å²) >= 11 is 0. The Bertz CT molecular complexity index is 774. The van der Waals surface area contributed by atoms with Gasteiger partial charge in [0.05, 0.1) is 19.4 Å². The quantitative estimate of drug-likeness (QED) is 0.694. The fraction of sp³-hybridized carbons (Fsp3) is 0.545. The van der Waals surface area contributed by atoms with Crippen molar-refractivity contribution in [2.75, 3.05) is 13.1 Å². The Hall–Kier alpha value is -2.70. The van der Waals surface area contributed by atoms with Crippen molar-refractivity contribution in [3.05, 3.63) is 48.2 Å². The molecule has 0 saturated heterocycles. The molecule has 0 unspecified atom stereocenters. The van der Waals surface area contributed by atoms with Gasteiger partial charge in [-0.2, -0.15) is 0 Å². The molecule has 0 aromatic carbocycles. The van der Waals surface area contributed by atoms with E-state index in [2.05, 4.69) is 12.2 Å². The lowest BCUT2D eigenvalue weighted by Crippen LogP contribution is -2.51. The molecule has 0 saturated carbocycles. The van der Waals surface area contributed by atoms with E-state index in [0.29, 0.717) is 25.4 Å². The van der Waals surface area contributed by atoms with E-state index in [1.54, 1.807) is 16.1 Å². The second-order valence-electron chi connectivity index (χ2n) is 8.39. The molecule has 3 amide bonds. The number of urea groups is 1. The van der Waals surface area contributed by atoms with E-state index in [4.69, 9.17) is 4.42 Å². The highest BCUT2D eigenvalue weighted by Gasteiger charge is 2.25. The predicted octanol–water partition coefficient (Wildman–Crippen LogP) is 3.76. The van der Waals surface area contributed by atoms with E-state index in [9.17, 15) is 9.59 Å². The zero-order chi connectivity index (χ0) is 21.4. The van der Waals surface area contributed by atoms with Crippen molar-refractivity contribution < 1.29 is 14.0 Å². The fourth-order valence-electron chi connectivity index (χ4n) is 2.94. The maximum Gasteiger partial charge on any atom is 0.318 e. The van der Waals surface area contributed by atoms with Gasteiger partial charge in [-0.25, -0.2) is 4.79 Å². The van der Waals surface area contributed by atoms with Crippen LogP contribution in [0.4, 0.5) is 4.79 Å². The van der Waals surface area contributed by atoms with Crippen LogP contribution in [-0.4, -0.2) is 44.9 Å². The van der Waals surface area contributed by atoms with Crippen LogP contribution >= 0.6 is 0 Å². The van der Waals surface area contributed by atoms with Crippen LogP contribution in [0.15, 0.2) is 41.1 Å². The van der Waals surface area contributed by atoms with Gasteiger partial charge in [0.2, 0.25) is 5.91 Å². The Balaban J connectivity index is 2.15. The Kier molecular flexibility index (Phi) is 7.93. The number of furan rings is 1. The summed E-state index contributed by atoms with van der Waals surface area (Å²) < 4.78 is 7.44. The molecule has 2 aromatic heterocycles. The summed E-state index contributed by atoms with van der Waals surface area (Å²) in [5.41, 5.74) is 0.658. The van der Waals surface area contributed by atoms with E-state index < -0.39 is 0 Å². The highest BCUT2D eigenvalue weighted by Crippen LogP contribution is 2.13. The van der Waals surface area contributed by atoms with Crippen LogP contribution in [0, 0.1) is 0 Å². The molecule has 7 nitrogen and oxygen atoms in total. The molecular weight excluding hydrogens is 368 g/mol. The molecule has 0 radical (unpaired) electrons. The number of hydrogen-bond donors (Lipinski definition) is 1. The van der Waals surface area contributed by atoms with Gasteiger partial charge in [0.25, 0.3) is 0 Å². The minimum absolute atomic E-state index is 0.0348. The number of nitrogens with one attached hydrogen (secondary N) is 1. The number of carbonyl (C=O) groups is 2. The van der Waals surface area contributed by atoms with Crippen molar-refractivity contribution in [2.24, 2.45) is 7.05 Å². The lowest BCUT2D eigenvalue weighted by molar-refractivity contribution is -0.133.